The van der Waals surface area contributed by atoms with Gasteiger partial charge >= 0.3 is 0 Å². The quantitative estimate of drug-likeness (QED) is 0.379. The van der Waals surface area contributed by atoms with Crippen LogP contribution in [0.25, 0.3) is 22.4 Å². The third-order valence-electron chi connectivity index (χ3n) is 6.40. The molecule has 0 aliphatic carbocycles. The number of rotatable bonds is 6. The highest BCUT2D eigenvalue weighted by molar-refractivity contribution is 7.99. The Hall–Kier alpha value is -2.64. The number of benzene rings is 2. The Morgan fingerprint density at radius 3 is 2.69 bits per heavy atom. The second kappa shape index (κ2) is 9.08. The molecule has 0 saturated carbocycles. The van der Waals surface area contributed by atoms with Crippen LogP contribution in [0.15, 0.2) is 58.5 Å². The van der Waals surface area contributed by atoms with Crippen LogP contribution < -0.4 is 5.56 Å². The lowest BCUT2D eigenvalue weighted by atomic mass is 9.98. The van der Waals surface area contributed by atoms with Gasteiger partial charge in [-0.15, -0.1) is 10.2 Å². The summed E-state index contributed by atoms with van der Waals surface area (Å²) in [4.78, 5) is 13.5. The predicted octanol–water partition coefficient (Wildman–Crippen LogP) is 5.21. The Kier molecular flexibility index (Phi) is 6.02. The fraction of sp³-hybridized carbons (Fsp3) is 0.400. The molecule has 5 rings (SSSR count). The Morgan fingerprint density at radius 1 is 1.12 bits per heavy atom. The monoisotopic (exact) mass is 448 g/mol. The van der Waals surface area contributed by atoms with Crippen molar-refractivity contribution in [1.82, 2.24) is 19.2 Å². The molecule has 2 aromatic carbocycles. The summed E-state index contributed by atoms with van der Waals surface area (Å²) in [6.07, 6.45) is 4.75. The van der Waals surface area contributed by atoms with Gasteiger partial charge in [0.1, 0.15) is 0 Å². The van der Waals surface area contributed by atoms with Crippen LogP contribution in [0.1, 0.15) is 51.0 Å². The fourth-order valence-corrected chi connectivity index (χ4v) is 5.30. The molecule has 1 aliphatic heterocycles. The van der Waals surface area contributed by atoms with Gasteiger partial charge in [0, 0.05) is 12.4 Å². The van der Waals surface area contributed by atoms with Gasteiger partial charge in [0.05, 0.1) is 22.7 Å². The summed E-state index contributed by atoms with van der Waals surface area (Å²) in [5.41, 5.74) is 2.82. The normalized spacial score (nSPS) is 17.8. The van der Waals surface area contributed by atoms with Crippen molar-refractivity contribution in [2.45, 2.75) is 56.7 Å². The van der Waals surface area contributed by atoms with Crippen LogP contribution in [0, 0.1) is 0 Å². The molecule has 3 heterocycles. The molecule has 7 heteroatoms. The molecule has 0 bridgehead atoms. The maximum atomic E-state index is 13.5. The van der Waals surface area contributed by atoms with Gasteiger partial charge in [-0.3, -0.25) is 9.20 Å². The molecule has 4 aromatic rings. The second-order valence-electron chi connectivity index (χ2n) is 8.48. The third kappa shape index (κ3) is 3.84. The molecule has 2 unspecified atom stereocenters. The Balaban J connectivity index is 1.62. The molecule has 1 fully saturated rings. The lowest BCUT2D eigenvalue weighted by Gasteiger charge is -2.21. The molecule has 0 radical (unpaired) electrons. The topological polar surface area (TPSA) is 61.4 Å². The van der Waals surface area contributed by atoms with Crippen molar-refractivity contribution < 1.29 is 4.74 Å². The van der Waals surface area contributed by atoms with E-state index in [-0.39, 0.29) is 11.7 Å². The minimum absolute atomic E-state index is 0.0797. The zero-order valence-electron chi connectivity index (χ0n) is 18.5. The summed E-state index contributed by atoms with van der Waals surface area (Å²) in [5.74, 6) is 1.85. The van der Waals surface area contributed by atoms with Crippen molar-refractivity contribution in [3.8, 4) is 5.69 Å². The second-order valence-corrected chi connectivity index (χ2v) is 9.46. The van der Waals surface area contributed by atoms with Gasteiger partial charge < -0.3 is 4.74 Å². The molecule has 2 aromatic heterocycles. The molecule has 1 saturated heterocycles. The van der Waals surface area contributed by atoms with Gasteiger partial charge in [0.15, 0.2) is 5.16 Å². The molecule has 1 aliphatic rings. The van der Waals surface area contributed by atoms with E-state index < -0.39 is 0 Å². The maximum absolute atomic E-state index is 13.5. The Bertz CT molecular complexity index is 1290. The number of ether oxygens (including phenoxy) is 1. The van der Waals surface area contributed by atoms with Crippen molar-refractivity contribution in [2.24, 2.45) is 0 Å². The van der Waals surface area contributed by atoms with Crippen LogP contribution in [0.3, 0.4) is 0 Å². The minimum Gasteiger partial charge on any atom is -0.377 e. The van der Waals surface area contributed by atoms with E-state index in [0.29, 0.717) is 17.1 Å². The highest BCUT2D eigenvalue weighted by Crippen LogP contribution is 2.27. The smallest absolute Gasteiger partial charge is 0.267 e. The lowest BCUT2D eigenvalue weighted by Crippen LogP contribution is -2.22. The number of nitrogens with zero attached hydrogens (tertiary/aromatic N) is 4. The number of aromatic nitrogens is 4. The number of thioether (sulfide) groups is 1. The first-order valence-electron chi connectivity index (χ1n) is 11.4. The van der Waals surface area contributed by atoms with Gasteiger partial charge in [-0.05, 0) is 61.4 Å². The highest BCUT2D eigenvalue weighted by atomic mass is 32.2. The van der Waals surface area contributed by atoms with E-state index in [1.165, 1.54) is 12.0 Å². The molecular weight excluding hydrogens is 420 g/mol. The fourth-order valence-electron chi connectivity index (χ4n) is 4.30. The van der Waals surface area contributed by atoms with Gasteiger partial charge in [-0.1, -0.05) is 49.9 Å². The zero-order valence-corrected chi connectivity index (χ0v) is 19.3. The van der Waals surface area contributed by atoms with E-state index in [1.807, 2.05) is 40.8 Å². The van der Waals surface area contributed by atoms with Crippen LogP contribution in [0.4, 0.5) is 0 Å². The van der Waals surface area contributed by atoms with Crippen LogP contribution >= 0.6 is 11.8 Å². The summed E-state index contributed by atoms with van der Waals surface area (Å²) in [7, 11) is 0. The van der Waals surface area contributed by atoms with E-state index in [2.05, 4.69) is 36.2 Å². The SMILES string of the molecule is CCC(C)c1ccc(-n2c(=O)c3ccccc3n3c(SCC4CCCCO4)nnc23)cc1. The lowest BCUT2D eigenvalue weighted by molar-refractivity contribution is 0.0315. The van der Waals surface area contributed by atoms with Crippen molar-refractivity contribution >= 4 is 28.4 Å². The number of para-hydroxylation sites is 1. The number of hydrogen-bond donors (Lipinski definition) is 0. The van der Waals surface area contributed by atoms with E-state index in [9.17, 15) is 4.79 Å². The molecule has 6 nitrogen and oxygen atoms in total. The summed E-state index contributed by atoms with van der Waals surface area (Å²) >= 11 is 1.65. The molecule has 0 amide bonds. The first-order chi connectivity index (χ1) is 15.7. The van der Waals surface area contributed by atoms with Crippen molar-refractivity contribution in [3.63, 3.8) is 0 Å². The number of fused-ring (bicyclic) bond motifs is 3. The average Bonchev–Trinajstić information content (AvgIpc) is 3.27. The first-order valence-corrected chi connectivity index (χ1v) is 12.4. The molecule has 0 N–H and O–H groups in total. The van der Waals surface area contributed by atoms with Crippen LogP contribution in [0.5, 0.6) is 0 Å². The minimum atomic E-state index is -0.0797. The molecule has 166 valence electrons. The van der Waals surface area contributed by atoms with Crippen LogP contribution in [0.2, 0.25) is 0 Å². The van der Waals surface area contributed by atoms with Crippen molar-refractivity contribution in [1.29, 1.82) is 0 Å². The predicted molar refractivity (Wildman–Crippen MR) is 129 cm³/mol. The largest absolute Gasteiger partial charge is 0.377 e. The molecule has 32 heavy (non-hydrogen) atoms. The van der Waals surface area contributed by atoms with Gasteiger partial charge in [-0.25, -0.2) is 4.57 Å². The van der Waals surface area contributed by atoms with Gasteiger partial charge in [0.25, 0.3) is 5.56 Å². The summed E-state index contributed by atoms with van der Waals surface area (Å²) in [6.45, 7) is 5.23. The van der Waals surface area contributed by atoms with E-state index >= 15 is 0 Å². The van der Waals surface area contributed by atoms with E-state index in [1.54, 1.807) is 16.3 Å². The summed E-state index contributed by atoms with van der Waals surface area (Å²) in [6, 6.07) is 15.9. The van der Waals surface area contributed by atoms with Gasteiger partial charge in [-0.2, -0.15) is 0 Å². The van der Waals surface area contributed by atoms with E-state index in [4.69, 9.17) is 4.74 Å². The first kappa shape index (κ1) is 21.2. The third-order valence-corrected chi connectivity index (χ3v) is 7.46. The Labute approximate surface area is 191 Å². The molecule has 0 spiro atoms. The highest BCUT2D eigenvalue weighted by Gasteiger charge is 2.20. The zero-order chi connectivity index (χ0) is 22.1. The molecular formula is C25H28N4O2S. The maximum Gasteiger partial charge on any atom is 0.267 e. The summed E-state index contributed by atoms with van der Waals surface area (Å²) < 4.78 is 9.58. The van der Waals surface area contributed by atoms with E-state index in [0.717, 1.165) is 48.0 Å². The van der Waals surface area contributed by atoms with Crippen LogP contribution in [-0.4, -0.2) is 37.6 Å². The Morgan fingerprint density at radius 2 is 1.94 bits per heavy atom. The van der Waals surface area contributed by atoms with Crippen molar-refractivity contribution in [2.75, 3.05) is 12.4 Å². The standard InChI is InChI=1S/C25H28N4O2S/c1-3-17(2)18-11-13-19(14-12-18)28-23(30)21-9-4-5-10-22(21)29-24(28)26-27-25(29)32-16-20-8-6-7-15-31-20/h4-5,9-14,17,20H,3,6-8,15-16H2,1-2H3. The van der Waals surface area contributed by atoms with Gasteiger partial charge in [0.2, 0.25) is 5.78 Å². The summed E-state index contributed by atoms with van der Waals surface area (Å²) in [5, 5.41) is 10.4. The van der Waals surface area contributed by atoms with Crippen molar-refractivity contribution in [3.05, 3.63) is 64.4 Å². The molecule has 2 atom stereocenters. The number of hydrogen-bond acceptors (Lipinski definition) is 5. The average molecular weight is 449 g/mol. The van der Waals surface area contributed by atoms with Crippen LogP contribution in [-0.2, 0) is 4.74 Å².